The first kappa shape index (κ1) is 23.5. The Balaban J connectivity index is 2.00. The molecule has 0 radical (unpaired) electrons. The van der Waals surface area contributed by atoms with Crippen LogP contribution in [0.5, 0.6) is 0 Å². The van der Waals surface area contributed by atoms with Gasteiger partial charge < -0.3 is 14.2 Å². The van der Waals surface area contributed by atoms with E-state index in [0.29, 0.717) is 28.1 Å². The largest absolute Gasteiger partial charge is 0.465 e. The van der Waals surface area contributed by atoms with Crippen molar-refractivity contribution in [3.63, 3.8) is 0 Å². The predicted octanol–water partition coefficient (Wildman–Crippen LogP) is 3.53. The Morgan fingerprint density at radius 2 is 1.39 bits per heavy atom. The summed E-state index contributed by atoms with van der Waals surface area (Å²) in [4.78, 5) is 50.8. The fraction of sp³-hybridized carbons (Fsp3) is 0.200. The third-order valence-electron chi connectivity index (χ3n) is 5.07. The van der Waals surface area contributed by atoms with Crippen molar-refractivity contribution in [2.45, 2.75) is 13.8 Å². The second-order valence-electron chi connectivity index (χ2n) is 7.03. The third-order valence-corrected chi connectivity index (χ3v) is 5.07. The average molecular weight is 449 g/mol. The summed E-state index contributed by atoms with van der Waals surface area (Å²) < 4.78 is 14.6. The third kappa shape index (κ3) is 4.69. The molecule has 8 heteroatoms. The summed E-state index contributed by atoms with van der Waals surface area (Å²) in [7, 11) is 2.53. The molecule has 2 aromatic rings. The number of benzene rings is 2. The number of carbonyl (C=O) groups is 4. The number of allylic oxidation sites excluding steroid dienone is 1. The summed E-state index contributed by atoms with van der Waals surface area (Å²) >= 11 is 0. The van der Waals surface area contributed by atoms with E-state index < -0.39 is 23.8 Å². The van der Waals surface area contributed by atoms with Gasteiger partial charge in [0.2, 0.25) is 0 Å². The molecule has 170 valence electrons. The molecule has 1 aliphatic rings. The van der Waals surface area contributed by atoms with Gasteiger partial charge in [-0.05, 0) is 61.9 Å². The standard InChI is InChI=1S/C25H23NO7/c1-5-33-24(29)18-10-12-19(13-11-18)26-15(2)21(25(30)32-4)20(22(26)27)14-16-6-8-17(9-7-16)23(28)31-3/h6-14H,5H2,1-4H3. The van der Waals surface area contributed by atoms with Gasteiger partial charge in [0, 0.05) is 11.4 Å². The maximum Gasteiger partial charge on any atom is 0.340 e. The molecule has 2 aromatic carbocycles. The second-order valence-corrected chi connectivity index (χ2v) is 7.03. The van der Waals surface area contributed by atoms with Gasteiger partial charge in [-0.25, -0.2) is 14.4 Å². The zero-order valence-electron chi connectivity index (χ0n) is 18.7. The van der Waals surface area contributed by atoms with E-state index in [9.17, 15) is 19.2 Å². The van der Waals surface area contributed by atoms with E-state index >= 15 is 0 Å². The van der Waals surface area contributed by atoms with Gasteiger partial charge in [0.1, 0.15) is 0 Å². The van der Waals surface area contributed by atoms with E-state index in [4.69, 9.17) is 14.2 Å². The van der Waals surface area contributed by atoms with Gasteiger partial charge in [-0.2, -0.15) is 0 Å². The molecule has 0 bridgehead atoms. The fourth-order valence-electron chi connectivity index (χ4n) is 3.45. The van der Waals surface area contributed by atoms with Crippen LogP contribution < -0.4 is 4.90 Å². The molecule has 3 rings (SSSR count). The number of carbonyl (C=O) groups excluding carboxylic acids is 4. The zero-order valence-corrected chi connectivity index (χ0v) is 18.7. The summed E-state index contributed by atoms with van der Waals surface area (Å²) in [5.74, 6) is -2.01. The minimum atomic E-state index is -0.649. The number of amides is 1. The highest BCUT2D eigenvalue weighted by atomic mass is 16.5. The molecule has 33 heavy (non-hydrogen) atoms. The Morgan fingerprint density at radius 1 is 0.848 bits per heavy atom. The molecule has 0 unspecified atom stereocenters. The summed E-state index contributed by atoms with van der Waals surface area (Å²) in [6.07, 6.45) is 1.56. The highest BCUT2D eigenvalue weighted by molar-refractivity contribution is 6.23. The zero-order chi connectivity index (χ0) is 24.1. The Kier molecular flexibility index (Phi) is 7.07. The van der Waals surface area contributed by atoms with E-state index in [2.05, 4.69) is 0 Å². The molecule has 1 heterocycles. The number of methoxy groups -OCH3 is 2. The van der Waals surface area contributed by atoms with Gasteiger partial charge in [-0.15, -0.1) is 0 Å². The molecule has 0 saturated carbocycles. The van der Waals surface area contributed by atoms with Crippen molar-refractivity contribution in [3.05, 3.63) is 82.1 Å². The summed E-state index contributed by atoms with van der Waals surface area (Å²) in [5, 5.41) is 0. The van der Waals surface area contributed by atoms with Crippen molar-refractivity contribution < 1.29 is 33.4 Å². The van der Waals surface area contributed by atoms with Crippen LogP contribution in [0.1, 0.15) is 40.1 Å². The Morgan fingerprint density at radius 3 is 1.94 bits per heavy atom. The molecule has 1 amide bonds. The molecule has 8 nitrogen and oxygen atoms in total. The lowest BCUT2D eigenvalue weighted by atomic mass is 10.0. The first-order chi connectivity index (χ1) is 15.8. The number of rotatable bonds is 6. The molecule has 0 fully saturated rings. The number of ether oxygens (including phenoxy) is 3. The van der Waals surface area contributed by atoms with Crippen molar-refractivity contribution in [2.24, 2.45) is 0 Å². The van der Waals surface area contributed by atoms with Gasteiger partial charge in [0.05, 0.1) is 43.1 Å². The van der Waals surface area contributed by atoms with Gasteiger partial charge in [-0.3, -0.25) is 9.69 Å². The Bertz CT molecular complexity index is 1160. The van der Waals surface area contributed by atoms with Crippen molar-refractivity contribution in [1.82, 2.24) is 0 Å². The quantitative estimate of drug-likeness (QED) is 0.378. The lowest BCUT2D eigenvalue weighted by molar-refractivity contribution is -0.136. The van der Waals surface area contributed by atoms with Crippen LogP contribution in [-0.4, -0.2) is 44.6 Å². The van der Waals surface area contributed by atoms with Crippen LogP contribution >= 0.6 is 0 Å². The topological polar surface area (TPSA) is 99.2 Å². The van der Waals surface area contributed by atoms with Crippen LogP contribution in [0, 0.1) is 0 Å². The van der Waals surface area contributed by atoms with Crippen molar-refractivity contribution in [2.75, 3.05) is 25.7 Å². The maximum atomic E-state index is 13.3. The number of anilines is 1. The van der Waals surface area contributed by atoms with Gasteiger partial charge in [0.15, 0.2) is 0 Å². The van der Waals surface area contributed by atoms with Crippen LogP contribution in [0.4, 0.5) is 5.69 Å². The summed E-state index contributed by atoms with van der Waals surface area (Å²) in [6.45, 7) is 3.61. The van der Waals surface area contributed by atoms with Crippen LogP contribution in [0.3, 0.4) is 0 Å². The minimum Gasteiger partial charge on any atom is -0.465 e. The van der Waals surface area contributed by atoms with Crippen LogP contribution in [-0.2, 0) is 23.8 Å². The molecular weight excluding hydrogens is 426 g/mol. The van der Waals surface area contributed by atoms with E-state index in [0.717, 1.165) is 0 Å². The molecule has 0 aliphatic carbocycles. The van der Waals surface area contributed by atoms with Gasteiger partial charge >= 0.3 is 17.9 Å². The lowest BCUT2D eigenvalue weighted by Crippen LogP contribution is -2.24. The van der Waals surface area contributed by atoms with Crippen molar-refractivity contribution in [3.8, 4) is 0 Å². The Labute approximate surface area is 191 Å². The fourth-order valence-corrected chi connectivity index (χ4v) is 3.45. The Hall–Kier alpha value is -4.20. The van der Waals surface area contributed by atoms with Crippen LogP contribution in [0.25, 0.3) is 6.08 Å². The van der Waals surface area contributed by atoms with Gasteiger partial charge in [-0.1, -0.05) is 12.1 Å². The molecule has 0 atom stereocenters. The molecular formula is C25H23NO7. The van der Waals surface area contributed by atoms with Crippen molar-refractivity contribution in [1.29, 1.82) is 0 Å². The number of hydrogen-bond donors (Lipinski definition) is 0. The van der Waals surface area contributed by atoms with E-state index in [1.165, 1.54) is 19.1 Å². The molecule has 0 aromatic heterocycles. The first-order valence-electron chi connectivity index (χ1n) is 10.1. The monoisotopic (exact) mass is 449 g/mol. The first-order valence-corrected chi connectivity index (χ1v) is 10.1. The van der Waals surface area contributed by atoms with Gasteiger partial charge in [0.25, 0.3) is 5.91 Å². The highest BCUT2D eigenvalue weighted by Gasteiger charge is 2.38. The molecule has 0 N–H and O–H groups in total. The summed E-state index contributed by atoms with van der Waals surface area (Å²) in [6, 6.07) is 12.8. The van der Waals surface area contributed by atoms with Crippen molar-refractivity contribution >= 4 is 35.6 Å². The summed E-state index contributed by atoms with van der Waals surface area (Å²) in [5.41, 5.74) is 2.49. The predicted molar refractivity (Wildman–Crippen MR) is 120 cm³/mol. The SMILES string of the molecule is CCOC(=O)c1ccc(N2C(=O)C(=Cc3ccc(C(=O)OC)cc3)C(C(=O)OC)=C2C)cc1. The molecule has 0 spiro atoms. The van der Waals surface area contributed by atoms with E-state index in [-0.39, 0.29) is 17.8 Å². The number of nitrogens with zero attached hydrogens (tertiary/aromatic N) is 1. The maximum absolute atomic E-state index is 13.3. The van der Waals surface area contributed by atoms with Crippen LogP contribution in [0.2, 0.25) is 0 Å². The normalized spacial score (nSPS) is 14.5. The molecule has 0 saturated heterocycles. The number of esters is 3. The van der Waals surface area contributed by atoms with E-state index in [1.807, 2.05) is 0 Å². The lowest BCUT2D eigenvalue weighted by Gasteiger charge is -2.18. The van der Waals surface area contributed by atoms with E-state index in [1.54, 1.807) is 68.5 Å². The number of hydrogen-bond acceptors (Lipinski definition) is 7. The minimum absolute atomic E-state index is 0.133. The van der Waals surface area contributed by atoms with Crippen LogP contribution in [0.15, 0.2) is 65.4 Å². The molecule has 1 aliphatic heterocycles. The highest BCUT2D eigenvalue weighted by Crippen LogP contribution is 2.35. The smallest absolute Gasteiger partial charge is 0.340 e. The second kappa shape index (κ2) is 9.95. The average Bonchev–Trinajstić information content (AvgIpc) is 3.07.